The quantitative estimate of drug-likeness (QED) is 0.462. The highest BCUT2D eigenvalue weighted by Gasteiger charge is 2.24. The zero-order valence-corrected chi connectivity index (χ0v) is 14.0. The highest BCUT2D eigenvalue weighted by atomic mass is 16.5. The second kappa shape index (κ2) is 8.10. The van der Waals surface area contributed by atoms with Gasteiger partial charge in [0.2, 0.25) is 0 Å². The second-order valence-corrected chi connectivity index (χ2v) is 5.19. The summed E-state index contributed by atoms with van der Waals surface area (Å²) in [6, 6.07) is 10.7. The van der Waals surface area contributed by atoms with Crippen molar-refractivity contribution in [3.8, 4) is 0 Å². The molecule has 126 valence electrons. The lowest BCUT2D eigenvalue weighted by Crippen LogP contribution is -2.23. The zero-order valence-electron chi connectivity index (χ0n) is 14.0. The molecule has 1 heterocycles. The van der Waals surface area contributed by atoms with E-state index < -0.39 is 11.9 Å². The number of esters is 1. The molecule has 6 nitrogen and oxygen atoms in total. The maximum Gasteiger partial charge on any atom is 0.316 e. The molecule has 0 bridgehead atoms. The Morgan fingerprint density at radius 1 is 1.21 bits per heavy atom. The third-order valence-electron chi connectivity index (χ3n) is 3.53. The Morgan fingerprint density at radius 2 is 2.00 bits per heavy atom. The number of ether oxygens (including phenoxy) is 1. The first kappa shape index (κ1) is 17.5. The van der Waals surface area contributed by atoms with Crippen molar-refractivity contribution in [1.29, 1.82) is 0 Å². The minimum absolute atomic E-state index is 0.252. The molecule has 0 aliphatic heterocycles. The number of carbonyl (C=O) groups excluding carboxylic acids is 2. The smallest absolute Gasteiger partial charge is 0.316 e. The van der Waals surface area contributed by atoms with Crippen molar-refractivity contribution in [3.63, 3.8) is 0 Å². The largest absolute Gasteiger partial charge is 0.465 e. The fraction of sp³-hybridized carbons (Fsp3) is 0.278. The number of nitrogens with zero attached hydrogens (tertiary/aromatic N) is 1. The molecule has 1 atom stereocenters. The molecule has 1 aromatic heterocycles. The fourth-order valence-corrected chi connectivity index (χ4v) is 2.22. The van der Waals surface area contributed by atoms with Crippen LogP contribution >= 0.6 is 0 Å². The first-order valence-corrected chi connectivity index (χ1v) is 7.77. The van der Waals surface area contributed by atoms with Gasteiger partial charge < -0.3 is 15.4 Å². The Labute approximate surface area is 141 Å². The van der Waals surface area contributed by atoms with Gasteiger partial charge in [0.25, 0.3) is 0 Å². The fourth-order valence-electron chi connectivity index (χ4n) is 2.22. The molecule has 0 amide bonds. The van der Waals surface area contributed by atoms with Crippen LogP contribution in [-0.2, 0) is 9.53 Å². The summed E-state index contributed by atoms with van der Waals surface area (Å²) >= 11 is 0. The number of ketones is 1. The van der Waals surface area contributed by atoms with Gasteiger partial charge in [-0.05, 0) is 44.2 Å². The standard InChI is InChI=1S/C18H21N3O3/c1-4-24-18(23)12(2)17(22)13-8-9-14(19-3)15(11-13)21-16-7-5-6-10-20-16/h5-12,19H,4H2,1-3H3,(H,20,21). The van der Waals surface area contributed by atoms with Crippen molar-refractivity contribution in [3.05, 3.63) is 48.2 Å². The molecule has 0 radical (unpaired) electrons. The predicted octanol–water partition coefficient (Wildman–Crippen LogP) is 3.25. The third-order valence-corrected chi connectivity index (χ3v) is 3.53. The lowest BCUT2D eigenvalue weighted by Gasteiger charge is -2.14. The van der Waals surface area contributed by atoms with Gasteiger partial charge in [-0.25, -0.2) is 4.98 Å². The number of nitrogens with one attached hydrogen (secondary N) is 2. The van der Waals surface area contributed by atoms with Crippen LogP contribution in [0, 0.1) is 5.92 Å². The van der Waals surface area contributed by atoms with E-state index in [2.05, 4.69) is 15.6 Å². The Bertz CT molecular complexity index is 717. The van der Waals surface area contributed by atoms with E-state index >= 15 is 0 Å². The Hall–Kier alpha value is -2.89. The minimum atomic E-state index is -0.840. The van der Waals surface area contributed by atoms with E-state index in [-0.39, 0.29) is 12.4 Å². The predicted molar refractivity (Wildman–Crippen MR) is 93.6 cm³/mol. The Balaban J connectivity index is 2.27. The lowest BCUT2D eigenvalue weighted by atomic mass is 9.98. The molecular weight excluding hydrogens is 306 g/mol. The second-order valence-electron chi connectivity index (χ2n) is 5.19. The van der Waals surface area contributed by atoms with Gasteiger partial charge in [0.1, 0.15) is 11.7 Å². The summed E-state index contributed by atoms with van der Waals surface area (Å²) in [4.78, 5) is 28.5. The highest BCUT2D eigenvalue weighted by molar-refractivity contribution is 6.09. The van der Waals surface area contributed by atoms with Crippen molar-refractivity contribution in [1.82, 2.24) is 4.98 Å². The van der Waals surface area contributed by atoms with Crippen LogP contribution in [0.1, 0.15) is 24.2 Å². The molecule has 0 aliphatic carbocycles. The topological polar surface area (TPSA) is 80.3 Å². The molecule has 0 saturated carbocycles. The van der Waals surface area contributed by atoms with Crippen molar-refractivity contribution < 1.29 is 14.3 Å². The molecule has 0 fully saturated rings. The van der Waals surface area contributed by atoms with E-state index in [9.17, 15) is 9.59 Å². The van der Waals surface area contributed by atoms with Crippen LogP contribution in [0.25, 0.3) is 0 Å². The molecule has 2 rings (SSSR count). The maximum atomic E-state index is 12.5. The summed E-state index contributed by atoms with van der Waals surface area (Å²) in [6.07, 6.45) is 1.68. The molecule has 24 heavy (non-hydrogen) atoms. The number of carbonyl (C=O) groups is 2. The Morgan fingerprint density at radius 3 is 2.62 bits per heavy atom. The van der Waals surface area contributed by atoms with E-state index in [0.29, 0.717) is 17.1 Å². The summed E-state index contributed by atoms with van der Waals surface area (Å²) in [6.45, 7) is 3.52. The first-order valence-electron chi connectivity index (χ1n) is 7.77. The average Bonchev–Trinajstić information content (AvgIpc) is 2.61. The summed E-state index contributed by atoms with van der Waals surface area (Å²) in [5.41, 5.74) is 1.96. The van der Waals surface area contributed by atoms with Crippen LogP contribution in [-0.4, -0.2) is 30.4 Å². The number of hydrogen-bond donors (Lipinski definition) is 2. The van der Waals surface area contributed by atoms with Crippen LogP contribution in [0.4, 0.5) is 17.2 Å². The lowest BCUT2D eigenvalue weighted by molar-refractivity contribution is -0.145. The van der Waals surface area contributed by atoms with Crippen LogP contribution in [0.15, 0.2) is 42.6 Å². The van der Waals surface area contributed by atoms with Gasteiger partial charge in [-0.2, -0.15) is 0 Å². The average molecular weight is 327 g/mol. The molecule has 6 heteroatoms. The zero-order chi connectivity index (χ0) is 17.5. The number of hydrogen-bond acceptors (Lipinski definition) is 6. The van der Waals surface area contributed by atoms with E-state index in [0.717, 1.165) is 5.69 Å². The van der Waals surface area contributed by atoms with Gasteiger partial charge >= 0.3 is 5.97 Å². The van der Waals surface area contributed by atoms with Crippen molar-refractivity contribution in [2.75, 3.05) is 24.3 Å². The summed E-state index contributed by atoms with van der Waals surface area (Å²) < 4.78 is 4.92. The molecule has 2 aromatic rings. The first-order chi connectivity index (χ1) is 11.6. The van der Waals surface area contributed by atoms with E-state index in [1.54, 1.807) is 45.3 Å². The molecule has 0 saturated heterocycles. The van der Waals surface area contributed by atoms with Gasteiger partial charge in [-0.3, -0.25) is 9.59 Å². The van der Waals surface area contributed by atoms with Gasteiger partial charge in [0, 0.05) is 18.8 Å². The molecule has 0 aliphatic rings. The molecule has 1 unspecified atom stereocenters. The SMILES string of the molecule is CCOC(=O)C(C)C(=O)c1ccc(NC)c(Nc2ccccn2)c1. The summed E-state index contributed by atoms with van der Waals surface area (Å²) in [5.74, 6) is -0.968. The van der Waals surface area contributed by atoms with Crippen molar-refractivity contribution in [2.24, 2.45) is 5.92 Å². The number of benzene rings is 1. The van der Waals surface area contributed by atoms with Gasteiger partial charge in [-0.1, -0.05) is 6.07 Å². The van der Waals surface area contributed by atoms with E-state index in [1.165, 1.54) is 0 Å². The van der Waals surface area contributed by atoms with E-state index in [4.69, 9.17) is 4.74 Å². The van der Waals surface area contributed by atoms with Gasteiger partial charge in [0.05, 0.1) is 18.0 Å². The number of rotatable bonds is 7. The highest BCUT2D eigenvalue weighted by Crippen LogP contribution is 2.27. The molecule has 2 N–H and O–H groups in total. The number of anilines is 3. The number of Topliss-reactive ketones (excluding diaryl/α,β-unsaturated/α-hetero) is 1. The maximum absolute atomic E-state index is 12.5. The van der Waals surface area contributed by atoms with Crippen LogP contribution in [0.3, 0.4) is 0 Å². The summed E-state index contributed by atoms with van der Waals surface area (Å²) in [5, 5.41) is 6.23. The van der Waals surface area contributed by atoms with Crippen molar-refractivity contribution in [2.45, 2.75) is 13.8 Å². The molecule has 1 aromatic carbocycles. The summed E-state index contributed by atoms with van der Waals surface area (Å²) in [7, 11) is 1.79. The number of pyridine rings is 1. The van der Waals surface area contributed by atoms with E-state index in [1.807, 2.05) is 18.2 Å². The Kier molecular flexibility index (Phi) is 5.89. The minimum Gasteiger partial charge on any atom is -0.465 e. The monoisotopic (exact) mass is 327 g/mol. The van der Waals surface area contributed by atoms with Crippen molar-refractivity contribution >= 4 is 28.9 Å². The van der Waals surface area contributed by atoms with Crippen LogP contribution in [0.2, 0.25) is 0 Å². The number of aromatic nitrogens is 1. The normalized spacial score (nSPS) is 11.5. The third kappa shape index (κ3) is 4.10. The van der Waals surface area contributed by atoms with Crippen LogP contribution in [0.5, 0.6) is 0 Å². The molecule has 0 spiro atoms. The van der Waals surface area contributed by atoms with Gasteiger partial charge in [-0.15, -0.1) is 0 Å². The van der Waals surface area contributed by atoms with Crippen LogP contribution < -0.4 is 10.6 Å². The van der Waals surface area contributed by atoms with Gasteiger partial charge in [0.15, 0.2) is 5.78 Å². The molecular formula is C18H21N3O3.